The summed E-state index contributed by atoms with van der Waals surface area (Å²) in [6.45, 7) is 1.85. The second kappa shape index (κ2) is 10.1. The van der Waals surface area contributed by atoms with Crippen molar-refractivity contribution >= 4 is 63.2 Å². The molecule has 0 bridgehead atoms. The average molecular weight is 511 g/mol. The normalized spacial score (nSPS) is 10.6. The summed E-state index contributed by atoms with van der Waals surface area (Å²) < 4.78 is 6.43. The third-order valence-electron chi connectivity index (χ3n) is 5.20. The van der Waals surface area contributed by atoms with E-state index in [1.165, 1.54) is 11.8 Å². The fraction of sp³-hybridized carbons (Fsp3) is 0.0800. The molecule has 178 valence electrons. The first-order valence-corrected chi connectivity index (χ1v) is 11.2. The maximum atomic E-state index is 13.1. The summed E-state index contributed by atoms with van der Waals surface area (Å²) in [5.41, 5.74) is 4.71. The van der Waals surface area contributed by atoms with Gasteiger partial charge in [-0.3, -0.25) is 19.8 Å². The van der Waals surface area contributed by atoms with Crippen LogP contribution in [0.1, 0.15) is 16.1 Å². The zero-order valence-electron chi connectivity index (χ0n) is 18.7. The molecule has 3 amide bonds. The van der Waals surface area contributed by atoms with Gasteiger partial charge in [-0.25, -0.2) is 4.68 Å². The fourth-order valence-corrected chi connectivity index (χ4v) is 3.78. The summed E-state index contributed by atoms with van der Waals surface area (Å²) in [6, 6.07) is 18.2. The summed E-state index contributed by atoms with van der Waals surface area (Å²) in [6.07, 6.45) is 0. The molecule has 1 aromatic heterocycles. The van der Waals surface area contributed by atoms with Crippen LogP contribution in [0.4, 0.5) is 11.4 Å². The van der Waals surface area contributed by atoms with Gasteiger partial charge in [0.1, 0.15) is 11.4 Å². The number of hydrogen-bond acceptors (Lipinski definition) is 4. The van der Waals surface area contributed by atoms with Gasteiger partial charge in [0.15, 0.2) is 0 Å². The third kappa shape index (κ3) is 5.24. The molecule has 4 rings (SSSR count). The van der Waals surface area contributed by atoms with E-state index in [1.54, 1.807) is 66.7 Å². The van der Waals surface area contributed by atoms with Gasteiger partial charge in [-0.05, 0) is 61.0 Å². The third-order valence-corrected chi connectivity index (χ3v) is 5.84. The lowest BCUT2D eigenvalue weighted by Gasteiger charge is -2.14. The van der Waals surface area contributed by atoms with E-state index in [0.29, 0.717) is 38.1 Å². The minimum absolute atomic E-state index is 0.0809. The monoisotopic (exact) mass is 510 g/mol. The van der Waals surface area contributed by atoms with Crippen molar-refractivity contribution < 1.29 is 19.1 Å². The summed E-state index contributed by atoms with van der Waals surface area (Å²) in [5.74, 6) is -2.06. The number of nitrogens with one attached hydrogen (secondary N) is 3. The molecule has 8 nitrogen and oxygen atoms in total. The van der Waals surface area contributed by atoms with E-state index in [4.69, 9.17) is 27.9 Å². The smallest absolute Gasteiger partial charge is 0.328 e. The van der Waals surface area contributed by atoms with Gasteiger partial charge in [0, 0.05) is 21.1 Å². The molecule has 3 aromatic carbocycles. The minimum atomic E-state index is -0.990. The Bertz CT molecular complexity index is 1470. The van der Waals surface area contributed by atoms with E-state index in [-0.39, 0.29) is 5.69 Å². The molecule has 0 aliphatic carbocycles. The molecular weight excluding hydrogens is 491 g/mol. The molecule has 4 aromatic rings. The Labute approximate surface area is 210 Å². The molecule has 0 radical (unpaired) electrons. The number of methoxy groups -OCH3 is 1. The second-order valence-corrected chi connectivity index (χ2v) is 8.43. The number of anilines is 2. The molecule has 0 atom stereocenters. The number of hydrogen-bond donors (Lipinski definition) is 3. The Morgan fingerprint density at radius 1 is 0.886 bits per heavy atom. The van der Waals surface area contributed by atoms with Crippen LogP contribution in [0.5, 0.6) is 5.75 Å². The van der Waals surface area contributed by atoms with Crippen LogP contribution >= 0.6 is 23.2 Å². The van der Waals surface area contributed by atoms with Gasteiger partial charge in [0.2, 0.25) is 0 Å². The fourth-order valence-electron chi connectivity index (χ4n) is 3.42. The number of fused-ring (bicyclic) bond motifs is 1. The zero-order chi connectivity index (χ0) is 25.1. The molecule has 35 heavy (non-hydrogen) atoms. The van der Waals surface area contributed by atoms with Crippen LogP contribution in [-0.4, -0.2) is 29.5 Å². The molecule has 0 fully saturated rings. The second-order valence-electron chi connectivity index (χ2n) is 7.58. The highest BCUT2D eigenvalue weighted by Gasteiger charge is 2.22. The zero-order valence-corrected chi connectivity index (χ0v) is 20.2. The van der Waals surface area contributed by atoms with E-state index in [9.17, 15) is 14.4 Å². The number of ether oxygens (including phenoxy) is 1. The molecule has 0 saturated carbocycles. The van der Waals surface area contributed by atoms with E-state index >= 15 is 0 Å². The lowest BCUT2D eigenvalue weighted by atomic mass is 10.2. The van der Waals surface area contributed by atoms with Crippen LogP contribution in [0.15, 0.2) is 66.7 Å². The Hall–Kier alpha value is -4.01. The van der Waals surface area contributed by atoms with Crippen molar-refractivity contribution in [1.29, 1.82) is 0 Å². The van der Waals surface area contributed by atoms with Gasteiger partial charge in [-0.15, -0.1) is 0 Å². The predicted molar refractivity (Wildman–Crippen MR) is 137 cm³/mol. The highest BCUT2D eigenvalue weighted by molar-refractivity contribution is 6.42. The van der Waals surface area contributed by atoms with E-state index in [1.807, 2.05) is 6.92 Å². The Balaban J connectivity index is 1.63. The molecule has 10 heteroatoms. The van der Waals surface area contributed by atoms with Gasteiger partial charge in [0.05, 0.1) is 18.3 Å². The number of aromatic nitrogens is 1. The summed E-state index contributed by atoms with van der Waals surface area (Å²) >= 11 is 12.3. The van der Waals surface area contributed by atoms with Crippen LogP contribution in [0, 0.1) is 6.92 Å². The number of rotatable bonds is 5. The van der Waals surface area contributed by atoms with Gasteiger partial charge in [-0.2, -0.15) is 0 Å². The number of carbonyl (C=O) groups excluding carboxylic acids is 3. The molecule has 0 unspecified atom stereocenters. The summed E-state index contributed by atoms with van der Waals surface area (Å²) in [4.78, 5) is 38.5. The molecule has 0 aliphatic rings. The van der Waals surface area contributed by atoms with E-state index in [2.05, 4.69) is 16.1 Å². The number of carbonyl (C=O) groups is 3. The number of amides is 3. The predicted octanol–water partition coefficient (Wildman–Crippen LogP) is 5.23. The molecule has 0 saturated heterocycles. The van der Waals surface area contributed by atoms with Gasteiger partial charge in [-0.1, -0.05) is 41.4 Å². The summed E-state index contributed by atoms with van der Waals surface area (Å²) in [7, 11) is 1.45. The van der Waals surface area contributed by atoms with Crippen molar-refractivity contribution in [3.8, 4) is 5.75 Å². The average Bonchev–Trinajstić information content (AvgIpc) is 3.19. The maximum absolute atomic E-state index is 13.1. The number of nitrogens with zero attached hydrogens (tertiary/aromatic N) is 1. The number of aryl methyl sites for hydroxylation is 1. The van der Waals surface area contributed by atoms with Crippen molar-refractivity contribution in [1.82, 2.24) is 4.68 Å². The van der Waals surface area contributed by atoms with Crippen LogP contribution in [-0.2, 0) is 9.59 Å². The van der Waals surface area contributed by atoms with E-state index < -0.39 is 17.7 Å². The van der Waals surface area contributed by atoms with Gasteiger partial charge >= 0.3 is 11.8 Å². The van der Waals surface area contributed by atoms with Crippen molar-refractivity contribution in [2.75, 3.05) is 23.2 Å². The van der Waals surface area contributed by atoms with Gasteiger partial charge < -0.3 is 15.4 Å². The summed E-state index contributed by atoms with van der Waals surface area (Å²) in [5, 5.41) is 6.80. The van der Waals surface area contributed by atoms with Crippen LogP contribution in [0.25, 0.3) is 10.9 Å². The van der Waals surface area contributed by atoms with Gasteiger partial charge in [0.25, 0.3) is 5.91 Å². The number of para-hydroxylation sites is 2. The first kappa shape index (κ1) is 24.1. The molecule has 0 spiro atoms. The van der Waals surface area contributed by atoms with Crippen molar-refractivity contribution in [2.24, 2.45) is 0 Å². The molecule has 3 N–H and O–H groups in total. The highest BCUT2D eigenvalue weighted by atomic mass is 35.5. The Morgan fingerprint density at radius 2 is 1.66 bits per heavy atom. The quantitative estimate of drug-likeness (QED) is 0.320. The highest BCUT2D eigenvalue weighted by Crippen LogP contribution is 2.26. The first-order valence-electron chi connectivity index (χ1n) is 10.4. The van der Waals surface area contributed by atoms with Crippen LogP contribution < -0.4 is 20.8 Å². The number of benzene rings is 3. The van der Waals surface area contributed by atoms with Crippen molar-refractivity contribution in [3.05, 3.63) is 88.0 Å². The van der Waals surface area contributed by atoms with Crippen LogP contribution in [0.3, 0.4) is 0 Å². The lowest BCUT2D eigenvalue weighted by Crippen LogP contribution is -2.36. The SMILES string of the molecule is COc1ccccc1NC(=O)C(=O)Nn1c(C(=O)Nc2ccc(C)c(Cl)c2)cc2cc(Cl)ccc21. The lowest BCUT2D eigenvalue weighted by molar-refractivity contribution is -0.133. The van der Waals surface area contributed by atoms with E-state index in [0.717, 1.165) is 5.56 Å². The Morgan fingerprint density at radius 3 is 2.40 bits per heavy atom. The standard InChI is InChI=1S/C25H20Cl2N4O4/c1-14-7-9-17(13-18(14)27)28-23(32)21-12-15-11-16(26)8-10-20(15)31(21)30-25(34)24(33)29-19-5-3-4-6-22(19)35-2/h3-13H,1-2H3,(H,28,32)(H,29,33)(H,30,34). The van der Waals surface area contributed by atoms with Crippen molar-refractivity contribution in [3.63, 3.8) is 0 Å². The van der Waals surface area contributed by atoms with Crippen molar-refractivity contribution in [2.45, 2.75) is 6.92 Å². The molecule has 0 aliphatic heterocycles. The van der Waals surface area contributed by atoms with Crippen LogP contribution in [0.2, 0.25) is 10.0 Å². The Kier molecular flexibility index (Phi) is 6.95. The number of halogens is 2. The largest absolute Gasteiger partial charge is 0.495 e. The topological polar surface area (TPSA) is 101 Å². The first-order chi connectivity index (χ1) is 16.8. The minimum Gasteiger partial charge on any atom is -0.495 e. The molecular formula is C25H20Cl2N4O4. The molecule has 1 heterocycles. The maximum Gasteiger partial charge on any atom is 0.328 e.